The predicted octanol–water partition coefficient (Wildman–Crippen LogP) is 1.97. The molecule has 0 aliphatic heterocycles. The molecular weight excluding hydrogens is 276 g/mol. The van der Waals surface area contributed by atoms with Crippen LogP contribution in [0.15, 0.2) is 34.3 Å². The summed E-state index contributed by atoms with van der Waals surface area (Å²) in [7, 11) is 0. The standard InChI is InChI=1S/C13H14N4O2S/c18-5-1-3-10-8-17(16-14-10)9-11-7-12(19-15-11)13-4-2-6-20-13/h2,4,6-8,18H,1,3,5,9H2. The van der Waals surface area contributed by atoms with Crippen molar-refractivity contribution in [1.82, 2.24) is 20.2 Å². The molecule has 6 nitrogen and oxygen atoms in total. The Morgan fingerprint density at radius 3 is 3.10 bits per heavy atom. The van der Waals surface area contributed by atoms with Gasteiger partial charge in [0.25, 0.3) is 0 Å². The topological polar surface area (TPSA) is 77.0 Å². The van der Waals surface area contributed by atoms with E-state index in [4.69, 9.17) is 9.63 Å². The van der Waals surface area contributed by atoms with Crippen molar-refractivity contribution in [2.24, 2.45) is 0 Å². The van der Waals surface area contributed by atoms with Crippen LogP contribution in [0.5, 0.6) is 0 Å². The van der Waals surface area contributed by atoms with Crippen LogP contribution in [0.25, 0.3) is 10.6 Å². The average Bonchev–Trinajstić information content (AvgIpc) is 3.18. The van der Waals surface area contributed by atoms with Crippen LogP contribution in [0.2, 0.25) is 0 Å². The normalized spacial score (nSPS) is 11.1. The Bertz CT molecular complexity index is 660. The Kier molecular flexibility index (Phi) is 3.89. The number of hydrogen-bond acceptors (Lipinski definition) is 6. The Morgan fingerprint density at radius 2 is 2.30 bits per heavy atom. The molecule has 20 heavy (non-hydrogen) atoms. The fraction of sp³-hybridized carbons (Fsp3) is 0.308. The highest BCUT2D eigenvalue weighted by Gasteiger charge is 2.09. The van der Waals surface area contributed by atoms with Crippen LogP contribution >= 0.6 is 11.3 Å². The van der Waals surface area contributed by atoms with Gasteiger partial charge in [-0.25, -0.2) is 4.68 Å². The zero-order valence-corrected chi connectivity index (χ0v) is 11.6. The van der Waals surface area contributed by atoms with E-state index in [1.807, 2.05) is 29.8 Å². The van der Waals surface area contributed by atoms with Crippen molar-refractivity contribution in [2.45, 2.75) is 19.4 Å². The number of nitrogens with zero attached hydrogens (tertiary/aromatic N) is 4. The fourth-order valence-electron chi connectivity index (χ4n) is 1.88. The minimum absolute atomic E-state index is 0.167. The Morgan fingerprint density at radius 1 is 1.35 bits per heavy atom. The van der Waals surface area contributed by atoms with Crippen LogP contribution in [0, 0.1) is 0 Å². The van der Waals surface area contributed by atoms with Crippen LogP contribution in [0.4, 0.5) is 0 Å². The monoisotopic (exact) mass is 290 g/mol. The lowest BCUT2D eigenvalue weighted by atomic mass is 10.2. The van der Waals surface area contributed by atoms with Crippen LogP contribution in [-0.2, 0) is 13.0 Å². The summed E-state index contributed by atoms with van der Waals surface area (Å²) in [4.78, 5) is 1.06. The maximum atomic E-state index is 8.79. The summed E-state index contributed by atoms with van der Waals surface area (Å²) in [5.74, 6) is 0.774. The molecule has 3 rings (SSSR count). The smallest absolute Gasteiger partial charge is 0.177 e. The van der Waals surface area contributed by atoms with E-state index in [1.165, 1.54) is 0 Å². The van der Waals surface area contributed by atoms with E-state index in [-0.39, 0.29) is 6.61 Å². The summed E-state index contributed by atoms with van der Waals surface area (Å²) in [6, 6.07) is 5.89. The number of aliphatic hydroxyl groups excluding tert-OH is 1. The highest BCUT2D eigenvalue weighted by Crippen LogP contribution is 2.25. The summed E-state index contributed by atoms with van der Waals surface area (Å²) in [5, 5.41) is 22.9. The molecule has 0 fully saturated rings. The summed E-state index contributed by atoms with van der Waals surface area (Å²) < 4.78 is 7.04. The zero-order chi connectivity index (χ0) is 13.8. The molecule has 0 bridgehead atoms. The van der Waals surface area contributed by atoms with Gasteiger partial charge in [-0.1, -0.05) is 16.4 Å². The van der Waals surface area contributed by atoms with Gasteiger partial charge in [0.1, 0.15) is 5.69 Å². The third kappa shape index (κ3) is 2.94. The first-order valence-corrected chi connectivity index (χ1v) is 7.22. The highest BCUT2D eigenvalue weighted by atomic mass is 32.1. The number of rotatable bonds is 6. The molecule has 3 aromatic rings. The van der Waals surface area contributed by atoms with Gasteiger partial charge < -0.3 is 9.63 Å². The van der Waals surface area contributed by atoms with Crippen molar-refractivity contribution in [3.05, 3.63) is 41.2 Å². The SMILES string of the molecule is OCCCc1cn(Cc2cc(-c3cccs3)on2)nn1. The van der Waals surface area contributed by atoms with E-state index in [2.05, 4.69) is 15.5 Å². The minimum atomic E-state index is 0.167. The molecular formula is C13H14N4O2S. The van der Waals surface area contributed by atoms with Crippen LogP contribution in [0.1, 0.15) is 17.8 Å². The van der Waals surface area contributed by atoms with Crippen molar-refractivity contribution in [2.75, 3.05) is 6.61 Å². The van der Waals surface area contributed by atoms with Crippen LogP contribution in [-0.4, -0.2) is 31.9 Å². The minimum Gasteiger partial charge on any atom is -0.396 e. The predicted molar refractivity (Wildman–Crippen MR) is 74.3 cm³/mol. The number of aromatic nitrogens is 4. The lowest BCUT2D eigenvalue weighted by molar-refractivity contribution is 0.288. The van der Waals surface area contributed by atoms with E-state index in [9.17, 15) is 0 Å². The second-order valence-electron chi connectivity index (χ2n) is 4.39. The van der Waals surface area contributed by atoms with E-state index in [0.29, 0.717) is 13.0 Å². The Labute approximate surface area is 119 Å². The molecule has 3 aromatic heterocycles. The maximum absolute atomic E-state index is 8.79. The molecule has 0 atom stereocenters. The van der Waals surface area contributed by atoms with Gasteiger partial charge in [0.2, 0.25) is 0 Å². The largest absolute Gasteiger partial charge is 0.396 e. The molecule has 3 heterocycles. The summed E-state index contributed by atoms with van der Waals surface area (Å²) in [6.07, 6.45) is 3.30. The van der Waals surface area contributed by atoms with Crippen molar-refractivity contribution >= 4 is 11.3 Å². The van der Waals surface area contributed by atoms with E-state index >= 15 is 0 Å². The third-order valence-electron chi connectivity index (χ3n) is 2.82. The van der Waals surface area contributed by atoms with Gasteiger partial charge >= 0.3 is 0 Å². The number of thiophene rings is 1. The molecule has 0 unspecified atom stereocenters. The summed E-state index contributed by atoms with van der Waals surface area (Å²) in [6.45, 7) is 0.696. The van der Waals surface area contributed by atoms with Gasteiger partial charge in [-0.2, -0.15) is 0 Å². The quantitative estimate of drug-likeness (QED) is 0.751. The molecule has 0 saturated heterocycles. The van der Waals surface area contributed by atoms with E-state index in [0.717, 1.165) is 28.4 Å². The van der Waals surface area contributed by atoms with Gasteiger partial charge in [-0.05, 0) is 24.3 Å². The zero-order valence-electron chi connectivity index (χ0n) is 10.8. The third-order valence-corrected chi connectivity index (χ3v) is 3.71. The molecule has 1 N–H and O–H groups in total. The molecule has 0 aliphatic rings. The molecule has 7 heteroatoms. The first-order chi connectivity index (χ1) is 9.85. The first kappa shape index (κ1) is 13.0. The molecule has 0 amide bonds. The fourth-order valence-corrected chi connectivity index (χ4v) is 2.55. The maximum Gasteiger partial charge on any atom is 0.177 e. The molecule has 0 radical (unpaired) electrons. The van der Waals surface area contributed by atoms with Gasteiger partial charge in [-0.15, -0.1) is 16.4 Å². The highest BCUT2D eigenvalue weighted by molar-refractivity contribution is 7.13. The summed E-state index contributed by atoms with van der Waals surface area (Å²) >= 11 is 1.62. The van der Waals surface area contributed by atoms with Gasteiger partial charge in [-0.3, -0.25) is 0 Å². The van der Waals surface area contributed by atoms with Gasteiger partial charge in [0.15, 0.2) is 5.76 Å². The lowest BCUT2D eigenvalue weighted by Gasteiger charge is -1.93. The number of aliphatic hydroxyl groups is 1. The molecule has 0 saturated carbocycles. The lowest BCUT2D eigenvalue weighted by Crippen LogP contribution is -2.00. The Balaban J connectivity index is 1.67. The van der Waals surface area contributed by atoms with E-state index < -0.39 is 0 Å². The molecule has 104 valence electrons. The Hall–Kier alpha value is -1.99. The average molecular weight is 290 g/mol. The second-order valence-corrected chi connectivity index (χ2v) is 5.34. The first-order valence-electron chi connectivity index (χ1n) is 6.34. The summed E-state index contributed by atoms with van der Waals surface area (Å²) in [5.41, 5.74) is 1.69. The van der Waals surface area contributed by atoms with Crippen molar-refractivity contribution in [3.8, 4) is 10.6 Å². The number of hydrogen-bond donors (Lipinski definition) is 1. The molecule has 0 aliphatic carbocycles. The van der Waals surface area contributed by atoms with Gasteiger partial charge in [0, 0.05) is 18.9 Å². The van der Waals surface area contributed by atoms with E-state index in [1.54, 1.807) is 16.0 Å². The molecule has 0 aromatic carbocycles. The van der Waals surface area contributed by atoms with Crippen LogP contribution in [0.3, 0.4) is 0 Å². The molecule has 0 spiro atoms. The van der Waals surface area contributed by atoms with Crippen molar-refractivity contribution in [1.29, 1.82) is 0 Å². The second kappa shape index (κ2) is 5.98. The number of aryl methyl sites for hydroxylation is 1. The van der Waals surface area contributed by atoms with Crippen molar-refractivity contribution < 1.29 is 9.63 Å². The van der Waals surface area contributed by atoms with Gasteiger partial charge in [0.05, 0.1) is 17.1 Å². The van der Waals surface area contributed by atoms with Crippen LogP contribution < -0.4 is 0 Å². The van der Waals surface area contributed by atoms with Crippen molar-refractivity contribution in [3.63, 3.8) is 0 Å².